The third kappa shape index (κ3) is 2.27. The molecule has 0 N–H and O–H groups in total. The van der Waals surface area contributed by atoms with Crippen LogP contribution in [0.4, 0.5) is 4.39 Å². The van der Waals surface area contributed by atoms with Crippen LogP contribution in [0.25, 0.3) is 0 Å². The van der Waals surface area contributed by atoms with Crippen molar-refractivity contribution in [3.05, 3.63) is 0 Å². The molecule has 3 fully saturated rings. The lowest BCUT2D eigenvalue weighted by Crippen LogP contribution is -2.53. The molecule has 2 aliphatic heterocycles. The van der Waals surface area contributed by atoms with E-state index in [0.29, 0.717) is 32.0 Å². The highest BCUT2D eigenvalue weighted by molar-refractivity contribution is 8.16. The molecular weight excluding hydrogens is 301 g/mol. The molecule has 0 aromatic rings. The van der Waals surface area contributed by atoms with Crippen LogP contribution in [0.2, 0.25) is 0 Å². The van der Waals surface area contributed by atoms with Crippen LogP contribution in [0, 0.1) is 17.8 Å². The zero-order chi connectivity index (χ0) is 15.4. The first-order chi connectivity index (χ1) is 10.5. The van der Waals surface area contributed by atoms with Crippen molar-refractivity contribution in [1.82, 2.24) is 0 Å². The van der Waals surface area contributed by atoms with E-state index in [1.807, 2.05) is 0 Å². The van der Waals surface area contributed by atoms with Crippen molar-refractivity contribution in [2.24, 2.45) is 22.7 Å². The lowest BCUT2D eigenvalue weighted by Gasteiger charge is -2.40. The minimum absolute atomic E-state index is 0.264. The van der Waals surface area contributed by atoms with Crippen molar-refractivity contribution in [2.75, 3.05) is 13.2 Å². The quantitative estimate of drug-likeness (QED) is 0.793. The van der Waals surface area contributed by atoms with Crippen LogP contribution < -0.4 is 0 Å². The van der Waals surface area contributed by atoms with Gasteiger partial charge in [-0.15, -0.1) is 0 Å². The molecule has 0 spiro atoms. The number of carbonyl (C=O) groups excluding carboxylic acids is 1. The Kier molecular flexibility index (Phi) is 3.65. The Labute approximate surface area is 135 Å². The molecule has 1 unspecified atom stereocenters. The van der Waals surface area contributed by atoms with Gasteiger partial charge in [0.05, 0.1) is 5.04 Å². The second kappa shape index (κ2) is 5.30. The summed E-state index contributed by atoms with van der Waals surface area (Å²) in [6.45, 7) is 2.56. The summed E-state index contributed by atoms with van der Waals surface area (Å²) in [6, 6.07) is 0. The Morgan fingerprint density at radius 2 is 2.09 bits per heavy atom. The second-order valence-corrected chi connectivity index (χ2v) is 9.15. The maximum Gasteiger partial charge on any atom is 0.266 e. The fourth-order valence-electron chi connectivity index (χ4n) is 4.92. The zero-order valence-corrected chi connectivity index (χ0v) is 14.0. The van der Waals surface area contributed by atoms with E-state index in [2.05, 4.69) is 4.99 Å². The molecule has 2 heterocycles. The number of hydrogen-bond donors (Lipinski definition) is 0. The van der Waals surface area contributed by atoms with Gasteiger partial charge in [0.1, 0.15) is 10.4 Å². The van der Waals surface area contributed by atoms with Crippen molar-refractivity contribution >= 4 is 22.7 Å². The number of fused-ring (bicyclic) bond motifs is 2. The first-order valence-corrected chi connectivity index (χ1v) is 9.39. The van der Waals surface area contributed by atoms with E-state index >= 15 is 4.39 Å². The summed E-state index contributed by atoms with van der Waals surface area (Å²) >= 11 is 1.41. The topological polar surface area (TPSA) is 38.7 Å². The van der Waals surface area contributed by atoms with Crippen LogP contribution in [-0.4, -0.2) is 34.6 Å². The van der Waals surface area contributed by atoms with Gasteiger partial charge < -0.3 is 4.74 Å². The van der Waals surface area contributed by atoms with Crippen LogP contribution in [0.5, 0.6) is 0 Å². The van der Waals surface area contributed by atoms with Crippen LogP contribution in [0.15, 0.2) is 4.99 Å². The SMILES string of the molecule is CC1(C2(F)CCOCC2)SC(C[C@H]2C[C@@H]3CC[C@H]2C3)=NC1=O. The third-order valence-electron chi connectivity index (χ3n) is 6.42. The Morgan fingerprint density at radius 1 is 1.32 bits per heavy atom. The maximum atomic E-state index is 15.4. The van der Waals surface area contributed by atoms with Gasteiger partial charge in [0.25, 0.3) is 5.91 Å². The van der Waals surface area contributed by atoms with Gasteiger partial charge in [-0.2, -0.15) is 0 Å². The number of alkyl halides is 1. The van der Waals surface area contributed by atoms with E-state index in [-0.39, 0.29) is 5.91 Å². The number of amides is 1. The molecule has 2 saturated carbocycles. The number of halogens is 1. The molecular formula is C17H24FNO2S. The average molecular weight is 325 g/mol. The van der Waals surface area contributed by atoms with Gasteiger partial charge in [0.15, 0.2) is 0 Å². The van der Waals surface area contributed by atoms with E-state index in [1.165, 1.54) is 37.4 Å². The van der Waals surface area contributed by atoms with E-state index in [0.717, 1.165) is 23.3 Å². The molecule has 4 atom stereocenters. The maximum absolute atomic E-state index is 15.4. The van der Waals surface area contributed by atoms with E-state index in [4.69, 9.17) is 4.74 Å². The van der Waals surface area contributed by atoms with Crippen molar-refractivity contribution in [3.63, 3.8) is 0 Å². The van der Waals surface area contributed by atoms with Crippen molar-refractivity contribution in [2.45, 2.75) is 62.3 Å². The van der Waals surface area contributed by atoms with Gasteiger partial charge in [-0.25, -0.2) is 9.38 Å². The summed E-state index contributed by atoms with van der Waals surface area (Å²) in [5.74, 6) is 2.12. The van der Waals surface area contributed by atoms with Crippen molar-refractivity contribution in [3.8, 4) is 0 Å². The number of hydrogen-bond acceptors (Lipinski definition) is 3. The standard InChI is InChI=1S/C17H24FNO2S/c1-16(17(18)4-6-21-7-5-17)15(20)19-14(22-16)10-13-9-11-2-3-12(13)8-11/h11-13H,2-10H2,1H3/t11-,12+,13-,16?/m1/s1. The van der Waals surface area contributed by atoms with Gasteiger partial charge in [0.2, 0.25) is 0 Å². The Bertz CT molecular complexity index is 517. The Hall–Kier alpha value is -0.420. The lowest BCUT2D eigenvalue weighted by molar-refractivity contribution is -0.126. The molecule has 4 aliphatic rings. The molecule has 122 valence electrons. The molecule has 2 aliphatic carbocycles. The van der Waals surface area contributed by atoms with E-state index in [1.54, 1.807) is 6.92 Å². The first-order valence-electron chi connectivity index (χ1n) is 8.58. The van der Waals surface area contributed by atoms with Crippen LogP contribution in [-0.2, 0) is 9.53 Å². The fraction of sp³-hybridized carbons (Fsp3) is 0.882. The van der Waals surface area contributed by atoms with Crippen molar-refractivity contribution in [1.29, 1.82) is 0 Å². The molecule has 3 nitrogen and oxygen atoms in total. The summed E-state index contributed by atoms with van der Waals surface area (Å²) in [4.78, 5) is 16.7. The molecule has 0 radical (unpaired) electrons. The second-order valence-electron chi connectivity index (χ2n) is 7.66. The van der Waals surface area contributed by atoms with Gasteiger partial charge in [-0.05, 0) is 50.4 Å². The van der Waals surface area contributed by atoms with E-state index < -0.39 is 10.4 Å². The number of ether oxygens (including phenoxy) is 1. The molecule has 1 saturated heterocycles. The summed E-state index contributed by atoms with van der Waals surface area (Å²) in [6.07, 6.45) is 6.86. The van der Waals surface area contributed by atoms with Gasteiger partial charge in [-0.3, -0.25) is 4.79 Å². The third-order valence-corrected chi connectivity index (χ3v) is 7.86. The van der Waals surface area contributed by atoms with Gasteiger partial charge in [-0.1, -0.05) is 18.2 Å². The molecule has 4 rings (SSSR count). The summed E-state index contributed by atoms with van der Waals surface area (Å²) in [5.41, 5.74) is -1.48. The fourth-order valence-corrected chi connectivity index (χ4v) is 6.33. The molecule has 22 heavy (non-hydrogen) atoms. The number of carbonyl (C=O) groups is 1. The highest BCUT2D eigenvalue weighted by atomic mass is 32.2. The lowest BCUT2D eigenvalue weighted by atomic mass is 9.82. The molecule has 5 heteroatoms. The van der Waals surface area contributed by atoms with Gasteiger partial charge >= 0.3 is 0 Å². The normalized spacial score (nSPS) is 43.6. The minimum atomic E-state index is -1.48. The van der Waals surface area contributed by atoms with Crippen LogP contribution in [0.1, 0.15) is 51.9 Å². The summed E-state index contributed by atoms with van der Waals surface area (Å²) in [7, 11) is 0. The van der Waals surface area contributed by atoms with Crippen molar-refractivity contribution < 1.29 is 13.9 Å². The predicted molar refractivity (Wildman–Crippen MR) is 85.9 cm³/mol. The largest absolute Gasteiger partial charge is 0.381 e. The minimum Gasteiger partial charge on any atom is -0.381 e. The highest BCUT2D eigenvalue weighted by Gasteiger charge is 2.58. The smallest absolute Gasteiger partial charge is 0.266 e. The molecule has 0 aromatic heterocycles. The first kappa shape index (κ1) is 15.1. The van der Waals surface area contributed by atoms with Crippen LogP contribution in [0.3, 0.4) is 0 Å². The monoisotopic (exact) mass is 325 g/mol. The van der Waals surface area contributed by atoms with Gasteiger partial charge in [0, 0.05) is 26.1 Å². The summed E-state index contributed by atoms with van der Waals surface area (Å²) in [5, 5.41) is 0.883. The summed E-state index contributed by atoms with van der Waals surface area (Å²) < 4.78 is 19.6. The highest BCUT2D eigenvalue weighted by Crippen LogP contribution is 2.53. The number of rotatable bonds is 3. The number of aliphatic imine (C=N–C) groups is 1. The predicted octanol–water partition coefficient (Wildman–Crippen LogP) is 3.76. The molecule has 1 amide bonds. The molecule has 2 bridgehead atoms. The van der Waals surface area contributed by atoms with E-state index in [9.17, 15) is 4.79 Å². The van der Waals surface area contributed by atoms with Crippen LogP contribution >= 0.6 is 11.8 Å². The Balaban J connectivity index is 1.46. The average Bonchev–Trinajstić information content (AvgIpc) is 3.16. The number of nitrogens with zero attached hydrogens (tertiary/aromatic N) is 1. The number of thioether (sulfide) groups is 1. The zero-order valence-electron chi connectivity index (χ0n) is 13.1. The molecule has 0 aromatic carbocycles. The Morgan fingerprint density at radius 3 is 2.73 bits per heavy atom.